The Hall–Kier alpha value is -3.04. The van der Waals surface area contributed by atoms with Crippen molar-refractivity contribution < 1.29 is 23.8 Å². The Morgan fingerprint density at radius 1 is 1.23 bits per heavy atom. The van der Waals surface area contributed by atoms with E-state index in [0.29, 0.717) is 49.1 Å². The van der Waals surface area contributed by atoms with Gasteiger partial charge >= 0.3 is 0 Å². The number of likely N-dealkylation sites (tertiary alicyclic amines) is 1. The molecule has 2 aromatic rings. The SMILES string of the molecule is Cc1ncc(/C(O)=C2\C(=O)C(=O)N(CCN3CCOCC3)[C@H]2c2ccco2)c(C)n1. The molecule has 0 unspecified atom stereocenters. The summed E-state index contributed by atoms with van der Waals surface area (Å²) >= 11 is 0. The quantitative estimate of drug-likeness (QED) is 0.446. The van der Waals surface area contributed by atoms with Crippen molar-refractivity contribution in [1.82, 2.24) is 19.8 Å². The minimum Gasteiger partial charge on any atom is -0.507 e. The number of amides is 1. The fraction of sp³-hybridized carbons (Fsp3) is 0.429. The molecular weight excluding hydrogens is 388 g/mol. The van der Waals surface area contributed by atoms with Crippen molar-refractivity contribution in [2.45, 2.75) is 19.9 Å². The number of ether oxygens (including phenoxy) is 1. The Labute approximate surface area is 174 Å². The Kier molecular flexibility index (Phi) is 5.65. The lowest BCUT2D eigenvalue weighted by Crippen LogP contribution is -2.42. The Morgan fingerprint density at radius 3 is 2.67 bits per heavy atom. The maximum Gasteiger partial charge on any atom is 0.295 e. The number of morpholine rings is 1. The van der Waals surface area contributed by atoms with E-state index in [-0.39, 0.29) is 11.3 Å². The average Bonchev–Trinajstić information content (AvgIpc) is 3.34. The molecule has 1 N–H and O–H groups in total. The summed E-state index contributed by atoms with van der Waals surface area (Å²) in [6.45, 7) is 7.23. The van der Waals surface area contributed by atoms with E-state index in [2.05, 4.69) is 14.9 Å². The molecule has 4 heterocycles. The molecule has 0 aliphatic carbocycles. The van der Waals surface area contributed by atoms with Crippen LogP contribution >= 0.6 is 0 Å². The second-order valence-electron chi connectivity index (χ2n) is 7.38. The van der Waals surface area contributed by atoms with Crippen molar-refractivity contribution in [3.05, 3.63) is 53.0 Å². The molecule has 2 aromatic heterocycles. The topological polar surface area (TPSA) is 109 Å². The number of furan rings is 1. The highest BCUT2D eigenvalue weighted by Gasteiger charge is 2.47. The third-order valence-corrected chi connectivity index (χ3v) is 5.47. The van der Waals surface area contributed by atoms with Gasteiger partial charge in [-0.15, -0.1) is 0 Å². The highest BCUT2D eigenvalue weighted by molar-refractivity contribution is 6.46. The molecule has 1 atom stereocenters. The van der Waals surface area contributed by atoms with Crippen molar-refractivity contribution in [1.29, 1.82) is 0 Å². The number of aliphatic hydroxyl groups is 1. The van der Waals surface area contributed by atoms with Crippen LogP contribution in [0.3, 0.4) is 0 Å². The van der Waals surface area contributed by atoms with Crippen LogP contribution in [0.5, 0.6) is 0 Å². The van der Waals surface area contributed by atoms with Crippen LogP contribution in [0.25, 0.3) is 5.76 Å². The van der Waals surface area contributed by atoms with Gasteiger partial charge in [0.15, 0.2) is 0 Å². The minimum atomic E-state index is -0.804. The van der Waals surface area contributed by atoms with Crippen LogP contribution in [0, 0.1) is 13.8 Å². The van der Waals surface area contributed by atoms with Crippen LogP contribution in [0.2, 0.25) is 0 Å². The predicted molar refractivity (Wildman–Crippen MR) is 106 cm³/mol. The van der Waals surface area contributed by atoms with Gasteiger partial charge in [-0.05, 0) is 26.0 Å². The van der Waals surface area contributed by atoms with Crippen LogP contribution in [0.15, 0.2) is 34.6 Å². The monoisotopic (exact) mass is 412 g/mol. The number of aromatic nitrogens is 2. The highest BCUT2D eigenvalue weighted by Crippen LogP contribution is 2.39. The third-order valence-electron chi connectivity index (χ3n) is 5.47. The van der Waals surface area contributed by atoms with Gasteiger partial charge in [-0.3, -0.25) is 14.5 Å². The molecule has 0 spiro atoms. The number of rotatable bonds is 5. The lowest BCUT2D eigenvalue weighted by Gasteiger charge is -2.30. The van der Waals surface area contributed by atoms with Gasteiger partial charge in [-0.1, -0.05) is 0 Å². The smallest absolute Gasteiger partial charge is 0.295 e. The van der Waals surface area contributed by atoms with Crippen LogP contribution in [0.1, 0.15) is 28.9 Å². The van der Waals surface area contributed by atoms with Gasteiger partial charge in [0.05, 0.1) is 36.3 Å². The first-order valence-corrected chi connectivity index (χ1v) is 9.90. The molecule has 0 aromatic carbocycles. The van der Waals surface area contributed by atoms with E-state index in [9.17, 15) is 14.7 Å². The van der Waals surface area contributed by atoms with Crippen LogP contribution in [-0.4, -0.2) is 76.0 Å². The molecule has 9 heteroatoms. The summed E-state index contributed by atoms with van der Waals surface area (Å²) in [5.74, 6) is -0.713. The predicted octanol–water partition coefficient (Wildman–Crippen LogP) is 1.44. The van der Waals surface area contributed by atoms with Gasteiger partial charge in [-0.25, -0.2) is 9.97 Å². The van der Waals surface area contributed by atoms with Gasteiger partial charge < -0.3 is 19.2 Å². The molecule has 2 aliphatic heterocycles. The number of hydrogen-bond acceptors (Lipinski definition) is 8. The first kappa shape index (κ1) is 20.2. The molecule has 30 heavy (non-hydrogen) atoms. The maximum atomic E-state index is 12.9. The van der Waals surface area contributed by atoms with Crippen molar-refractivity contribution in [3.8, 4) is 0 Å². The van der Waals surface area contributed by atoms with Crippen molar-refractivity contribution in [3.63, 3.8) is 0 Å². The number of Topliss-reactive ketones (excluding diaryl/α,β-unsaturated/α-hetero) is 1. The molecule has 158 valence electrons. The zero-order valence-corrected chi connectivity index (χ0v) is 17.0. The maximum absolute atomic E-state index is 12.9. The summed E-state index contributed by atoms with van der Waals surface area (Å²) in [7, 11) is 0. The zero-order valence-electron chi connectivity index (χ0n) is 17.0. The highest BCUT2D eigenvalue weighted by atomic mass is 16.5. The number of hydrogen-bond donors (Lipinski definition) is 1. The molecule has 2 saturated heterocycles. The van der Waals surface area contributed by atoms with E-state index in [4.69, 9.17) is 9.15 Å². The van der Waals surface area contributed by atoms with Crippen molar-refractivity contribution >= 4 is 17.4 Å². The summed E-state index contributed by atoms with van der Waals surface area (Å²) in [4.78, 5) is 37.9. The molecule has 1 amide bonds. The summed E-state index contributed by atoms with van der Waals surface area (Å²) in [6, 6.07) is 2.59. The minimum absolute atomic E-state index is 0.00696. The number of carbonyl (C=O) groups excluding carboxylic acids is 2. The lowest BCUT2D eigenvalue weighted by atomic mass is 9.99. The van der Waals surface area contributed by atoms with Gasteiger partial charge in [0, 0.05) is 32.4 Å². The summed E-state index contributed by atoms with van der Waals surface area (Å²) < 4.78 is 10.9. The van der Waals surface area contributed by atoms with Gasteiger partial charge in [0.25, 0.3) is 11.7 Å². The van der Waals surface area contributed by atoms with Crippen LogP contribution < -0.4 is 0 Å². The van der Waals surface area contributed by atoms with E-state index in [1.807, 2.05) is 0 Å². The normalized spacial score (nSPS) is 22.1. The molecule has 2 aliphatic rings. The average molecular weight is 412 g/mol. The standard InChI is InChI=1S/C21H24N4O5/c1-13-15(12-22-14(2)23-13)19(26)17-18(16-4-3-9-30-16)25(21(28)20(17)27)6-5-24-7-10-29-11-8-24/h3-4,9,12,18,26H,5-8,10-11H2,1-2H3/b19-17+/t18-/m0/s1. The molecule has 0 bridgehead atoms. The van der Waals surface area contributed by atoms with E-state index in [1.165, 1.54) is 17.4 Å². The van der Waals surface area contributed by atoms with Gasteiger partial charge in [0.2, 0.25) is 0 Å². The van der Waals surface area contributed by atoms with E-state index < -0.39 is 17.7 Å². The third kappa shape index (κ3) is 3.73. The van der Waals surface area contributed by atoms with E-state index in [1.54, 1.807) is 26.0 Å². The summed E-state index contributed by atoms with van der Waals surface area (Å²) in [5, 5.41) is 11.0. The number of ketones is 1. The first-order chi connectivity index (χ1) is 14.5. The fourth-order valence-electron chi connectivity index (χ4n) is 3.89. The van der Waals surface area contributed by atoms with Crippen molar-refractivity contribution in [2.75, 3.05) is 39.4 Å². The second kappa shape index (κ2) is 8.37. The second-order valence-corrected chi connectivity index (χ2v) is 7.38. The largest absolute Gasteiger partial charge is 0.507 e. The molecule has 0 saturated carbocycles. The molecule has 2 fully saturated rings. The first-order valence-electron chi connectivity index (χ1n) is 9.90. The number of aliphatic hydroxyl groups excluding tert-OH is 1. The molecule has 0 radical (unpaired) electrons. The van der Waals surface area contributed by atoms with Crippen molar-refractivity contribution in [2.24, 2.45) is 0 Å². The van der Waals surface area contributed by atoms with Crippen LogP contribution in [0.4, 0.5) is 0 Å². The zero-order chi connectivity index (χ0) is 21.3. The molecular formula is C21H24N4O5. The Morgan fingerprint density at radius 2 is 2.00 bits per heavy atom. The summed E-state index contributed by atoms with van der Waals surface area (Å²) in [6.07, 6.45) is 2.95. The van der Waals surface area contributed by atoms with E-state index >= 15 is 0 Å². The van der Waals surface area contributed by atoms with E-state index in [0.717, 1.165) is 13.1 Å². The number of carbonyl (C=O) groups is 2. The number of nitrogens with zero attached hydrogens (tertiary/aromatic N) is 4. The Bertz CT molecular complexity index is 979. The lowest BCUT2D eigenvalue weighted by molar-refractivity contribution is -0.140. The fourth-order valence-corrected chi connectivity index (χ4v) is 3.89. The molecule has 9 nitrogen and oxygen atoms in total. The summed E-state index contributed by atoms with van der Waals surface area (Å²) in [5.41, 5.74) is 0.841. The van der Waals surface area contributed by atoms with Crippen LogP contribution in [-0.2, 0) is 14.3 Å². The number of aryl methyl sites for hydroxylation is 2. The van der Waals surface area contributed by atoms with Gasteiger partial charge in [-0.2, -0.15) is 0 Å². The van der Waals surface area contributed by atoms with Gasteiger partial charge in [0.1, 0.15) is 23.4 Å². The Balaban J connectivity index is 1.71. The molecule has 4 rings (SSSR count).